The second kappa shape index (κ2) is 8.24. The van der Waals surface area contributed by atoms with Gasteiger partial charge in [0, 0.05) is 48.5 Å². The number of hydrogen-bond acceptors (Lipinski definition) is 5. The Labute approximate surface area is 114 Å². The molecule has 0 N–H and O–H groups in total. The molecule has 2 fully saturated rings. The third kappa shape index (κ3) is 7.45. The smallest absolute Gasteiger partial charge is 0.152 e. The van der Waals surface area contributed by atoms with Gasteiger partial charge in [-0.05, 0) is 14.1 Å². The highest BCUT2D eigenvalue weighted by Gasteiger charge is 2.18. The molecule has 0 aromatic heterocycles. The molecule has 0 aliphatic carbocycles. The van der Waals surface area contributed by atoms with Crippen molar-refractivity contribution in [1.82, 2.24) is 9.80 Å². The number of sulfone groups is 1. The van der Waals surface area contributed by atoms with Crippen molar-refractivity contribution < 1.29 is 12.6 Å². The quantitative estimate of drug-likeness (QED) is 0.612. The summed E-state index contributed by atoms with van der Waals surface area (Å²) in [5.74, 6) is 2.42. The molecular formula is C11H26N2O3S2. The van der Waals surface area contributed by atoms with E-state index in [2.05, 4.69) is 11.9 Å². The maximum atomic E-state index is 10.8. The molecule has 0 spiro atoms. The Morgan fingerprint density at radius 2 is 1.28 bits per heavy atom. The summed E-state index contributed by atoms with van der Waals surface area (Å²) in [4.78, 5) is 4.24. The van der Waals surface area contributed by atoms with Crippen LogP contribution in [0.2, 0.25) is 0 Å². The molecule has 7 heteroatoms. The summed E-state index contributed by atoms with van der Waals surface area (Å²) in [5.41, 5.74) is 0. The lowest BCUT2D eigenvalue weighted by Crippen LogP contribution is -2.37. The Kier molecular flexibility index (Phi) is 8.25. The molecule has 5 nitrogen and oxygen atoms in total. The molecule has 110 valence electrons. The summed E-state index contributed by atoms with van der Waals surface area (Å²) in [7, 11) is 0.845. The standard InChI is InChI=1S/C5H11NO2S.C5H11NOS.CH4/c1-6-2-4-9(7,8)5-3-6;1-6-2-4-8(7)5-3-6;/h2-5H2,1H3;2-5H2,1H3;1H4. The molecule has 0 amide bonds. The Hall–Kier alpha value is 0.0200. The van der Waals surface area contributed by atoms with Gasteiger partial charge in [-0.3, -0.25) is 4.21 Å². The first-order valence-electron chi connectivity index (χ1n) is 5.81. The van der Waals surface area contributed by atoms with Gasteiger partial charge >= 0.3 is 0 Å². The lowest BCUT2D eigenvalue weighted by Gasteiger charge is -2.21. The van der Waals surface area contributed by atoms with E-state index >= 15 is 0 Å². The van der Waals surface area contributed by atoms with Gasteiger partial charge in [0.1, 0.15) is 0 Å². The topological polar surface area (TPSA) is 57.7 Å². The lowest BCUT2D eigenvalue weighted by atomic mass is 10.6. The molecule has 0 unspecified atom stereocenters. The normalized spacial score (nSPS) is 25.7. The number of nitrogens with zero attached hydrogens (tertiary/aromatic N) is 2. The largest absolute Gasteiger partial charge is 0.305 e. The SMILES string of the molecule is C.CN1CCS(=O)(=O)CC1.CN1CCS(=O)CC1. The first kappa shape index (κ1) is 18.0. The summed E-state index contributed by atoms with van der Waals surface area (Å²) in [5, 5.41) is 0. The molecule has 0 saturated carbocycles. The van der Waals surface area contributed by atoms with E-state index < -0.39 is 20.6 Å². The maximum absolute atomic E-state index is 10.8. The van der Waals surface area contributed by atoms with E-state index in [4.69, 9.17) is 0 Å². The van der Waals surface area contributed by atoms with Crippen LogP contribution in [0.25, 0.3) is 0 Å². The Bertz CT molecular complexity index is 333. The van der Waals surface area contributed by atoms with Crippen molar-refractivity contribution in [3.8, 4) is 0 Å². The average Bonchev–Trinajstić information content (AvgIpc) is 2.28. The molecule has 18 heavy (non-hydrogen) atoms. The zero-order valence-electron chi connectivity index (χ0n) is 10.6. The molecule has 0 aromatic rings. The van der Waals surface area contributed by atoms with Gasteiger partial charge in [0.05, 0.1) is 11.5 Å². The summed E-state index contributed by atoms with van der Waals surface area (Å²) in [6.45, 7) is 3.41. The predicted octanol–water partition coefficient (Wildman–Crippen LogP) is -0.337. The molecule has 0 aromatic carbocycles. The van der Waals surface area contributed by atoms with Gasteiger partial charge in [-0.2, -0.15) is 0 Å². The van der Waals surface area contributed by atoms with Crippen molar-refractivity contribution in [2.24, 2.45) is 0 Å². The fourth-order valence-electron chi connectivity index (χ4n) is 1.53. The molecule has 0 radical (unpaired) electrons. The van der Waals surface area contributed by atoms with Crippen molar-refractivity contribution in [1.29, 1.82) is 0 Å². The molecule has 0 atom stereocenters. The van der Waals surface area contributed by atoms with Crippen molar-refractivity contribution in [2.45, 2.75) is 7.43 Å². The highest BCUT2D eigenvalue weighted by molar-refractivity contribution is 7.91. The minimum Gasteiger partial charge on any atom is -0.305 e. The number of hydrogen-bond donors (Lipinski definition) is 0. The van der Waals surface area contributed by atoms with E-state index in [9.17, 15) is 12.6 Å². The van der Waals surface area contributed by atoms with Crippen LogP contribution in [0.1, 0.15) is 7.43 Å². The fourth-order valence-corrected chi connectivity index (χ4v) is 4.15. The minimum absolute atomic E-state index is 0. The second-order valence-electron chi connectivity index (χ2n) is 4.61. The Morgan fingerprint density at radius 3 is 1.61 bits per heavy atom. The van der Waals surface area contributed by atoms with Gasteiger partial charge < -0.3 is 9.80 Å². The van der Waals surface area contributed by atoms with E-state index in [0.29, 0.717) is 24.6 Å². The molecular weight excluding hydrogens is 272 g/mol. The van der Waals surface area contributed by atoms with E-state index in [1.54, 1.807) is 0 Å². The van der Waals surface area contributed by atoms with Crippen molar-refractivity contribution >= 4 is 20.6 Å². The van der Waals surface area contributed by atoms with Gasteiger partial charge in [-0.25, -0.2) is 8.42 Å². The van der Waals surface area contributed by atoms with E-state index in [-0.39, 0.29) is 7.43 Å². The van der Waals surface area contributed by atoms with Crippen LogP contribution in [0.15, 0.2) is 0 Å². The van der Waals surface area contributed by atoms with Crippen LogP contribution in [0.4, 0.5) is 0 Å². The average molecular weight is 298 g/mol. The van der Waals surface area contributed by atoms with E-state index in [1.807, 2.05) is 11.9 Å². The Balaban J connectivity index is 0.000000306. The van der Waals surface area contributed by atoms with Crippen molar-refractivity contribution in [3.63, 3.8) is 0 Å². The molecule has 2 aliphatic heterocycles. The third-order valence-electron chi connectivity index (χ3n) is 2.97. The van der Waals surface area contributed by atoms with Crippen LogP contribution in [0.3, 0.4) is 0 Å². The molecule has 2 rings (SSSR count). The van der Waals surface area contributed by atoms with Crippen LogP contribution in [0, 0.1) is 0 Å². The third-order valence-corrected chi connectivity index (χ3v) is 5.85. The molecule has 2 saturated heterocycles. The second-order valence-corrected chi connectivity index (χ2v) is 8.61. The zero-order valence-corrected chi connectivity index (χ0v) is 12.2. The monoisotopic (exact) mass is 298 g/mol. The summed E-state index contributed by atoms with van der Waals surface area (Å²) < 4.78 is 32.2. The lowest BCUT2D eigenvalue weighted by molar-refractivity contribution is 0.360. The van der Waals surface area contributed by atoms with Crippen LogP contribution >= 0.6 is 0 Å². The molecule has 2 heterocycles. The van der Waals surface area contributed by atoms with Gasteiger partial charge in [0.2, 0.25) is 0 Å². The first-order valence-corrected chi connectivity index (χ1v) is 9.12. The molecule has 0 bridgehead atoms. The van der Waals surface area contributed by atoms with Crippen molar-refractivity contribution in [2.75, 3.05) is 63.3 Å². The van der Waals surface area contributed by atoms with Crippen molar-refractivity contribution in [3.05, 3.63) is 0 Å². The van der Waals surface area contributed by atoms with Gasteiger partial charge in [0.15, 0.2) is 9.84 Å². The number of rotatable bonds is 0. The summed E-state index contributed by atoms with van der Waals surface area (Å²) in [6, 6.07) is 0. The minimum atomic E-state index is -2.66. The van der Waals surface area contributed by atoms with Gasteiger partial charge in [-0.1, -0.05) is 7.43 Å². The van der Waals surface area contributed by atoms with Crippen LogP contribution in [0.5, 0.6) is 0 Å². The van der Waals surface area contributed by atoms with Crippen LogP contribution in [-0.4, -0.2) is 85.7 Å². The zero-order chi connectivity index (χ0) is 12.9. The van der Waals surface area contributed by atoms with Crippen LogP contribution in [-0.2, 0) is 20.6 Å². The fraction of sp³-hybridized carbons (Fsp3) is 1.00. The van der Waals surface area contributed by atoms with E-state index in [0.717, 1.165) is 24.6 Å². The van der Waals surface area contributed by atoms with E-state index in [1.165, 1.54) is 0 Å². The predicted molar refractivity (Wildman–Crippen MR) is 78.3 cm³/mol. The maximum Gasteiger partial charge on any atom is 0.152 e. The first-order chi connectivity index (χ1) is 7.89. The highest BCUT2D eigenvalue weighted by atomic mass is 32.2. The molecule has 2 aliphatic rings. The highest BCUT2D eigenvalue weighted by Crippen LogP contribution is 1.99. The summed E-state index contributed by atoms with van der Waals surface area (Å²) >= 11 is 0. The van der Waals surface area contributed by atoms with Gasteiger partial charge in [0.25, 0.3) is 0 Å². The van der Waals surface area contributed by atoms with Crippen LogP contribution < -0.4 is 0 Å². The Morgan fingerprint density at radius 1 is 0.889 bits per heavy atom. The van der Waals surface area contributed by atoms with Gasteiger partial charge in [-0.15, -0.1) is 0 Å². The summed E-state index contributed by atoms with van der Waals surface area (Å²) in [6.07, 6.45) is 0.